The van der Waals surface area contributed by atoms with Gasteiger partial charge in [-0.1, -0.05) is 13.8 Å². The van der Waals surface area contributed by atoms with Gasteiger partial charge in [0, 0.05) is 6.66 Å². The van der Waals surface area contributed by atoms with Gasteiger partial charge in [0.05, 0.1) is 0 Å². The first-order valence-electron chi connectivity index (χ1n) is 4.30. The molecule has 0 saturated heterocycles. The van der Waals surface area contributed by atoms with Gasteiger partial charge in [-0.05, 0) is 12.3 Å². The largest absolute Gasteiger partial charge is 0.480 e. The molecule has 92 valence electrons. The van der Waals surface area contributed by atoms with E-state index in [4.69, 9.17) is 20.9 Å². The molecule has 0 bridgehead atoms. The minimum atomic E-state index is -3.34. The number of carboxylic acid groups (broad SMARTS) is 1. The monoisotopic (exact) mass is 242 g/mol. The highest BCUT2D eigenvalue weighted by molar-refractivity contribution is 7.54. The second-order valence-corrected chi connectivity index (χ2v) is 5.51. The first-order chi connectivity index (χ1) is 6.60. The molecule has 6 N–H and O–H groups in total. The molecule has 0 aromatic rings. The second-order valence-electron chi connectivity index (χ2n) is 3.55. The van der Waals surface area contributed by atoms with Gasteiger partial charge in [-0.25, -0.2) is 0 Å². The Hall–Kier alpha value is -0.460. The van der Waals surface area contributed by atoms with Crippen molar-refractivity contribution in [3.05, 3.63) is 0 Å². The Morgan fingerprint density at radius 3 is 1.93 bits per heavy atom. The van der Waals surface area contributed by atoms with Crippen LogP contribution in [0.15, 0.2) is 0 Å². The minimum Gasteiger partial charge on any atom is -0.480 e. The molecule has 8 heteroatoms. The van der Waals surface area contributed by atoms with Crippen LogP contribution < -0.4 is 11.0 Å². The molecule has 15 heavy (non-hydrogen) atoms. The van der Waals surface area contributed by atoms with Crippen molar-refractivity contribution >= 4 is 13.5 Å². The molecule has 0 spiro atoms. The van der Waals surface area contributed by atoms with Crippen molar-refractivity contribution in [1.82, 2.24) is 5.25 Å². The standard InChI is InChI=1S/C6H13NO2.CH6NO3P/c1-4(2)3-5(7)6(8)9;1-6(4,5)2-3/h4-5H,3,7H2,1-2H3,(H,8,9);3H,1H3,(H2,2,4,5)/t5-;/m0./s1. The zero-order chi connectivity index (χ0) is 12.6. The Bertz CT molecular complexity index is 227. The van der Waals surface area contributed by atoms with Crippen LogP contribution >= 0.6 is 7.52 Å². The Kier molecular flexibility index (Phi) is 8.80. The average Bonchev–Trinajstić information content (AvgIpc) is 2.02. The molecular formula is C7H19N2O5P. The number of rotatable bonds is 4. The Balaban J connectivity index is 0. The lowest BCUT2D eigenvalue weighted by Crippen LogP contribution is -2.31. The average molecular weight is 242 g/mol. The first kappa shape index (κ1) is 17.0. The molecule has 0 aliphatic heterocycles. The summed E-state index contributed by atoms with van der Waals surface area (Å²) in [5, 5.41) is 17.2. The molecule has 0 aromatic heterocycles. The topological polar surface area (TPSA) is 133 Å². The van der Waals surface area contributed by atoms with Crippen molar-refractivity contribution in [3.8, 4) is 0 Å². The molecule has 0 rings (SSSR count). The van der Waals surface area contributed by atoms with E-state index >= 15 is 0 Å². The molecule has 0 fully saturated rings. The number of hydrogen-bond donors (Lipinski definition) is 5. The lowest BCUT2D eigenvalue weighted by molar-refractivity contribution is -0.138. The van der Waals surface area contributed by atoms with E-state index in [1.165, 1.54) is 5.25 Å². The van der Waals surface area contributed by atoms with Gasteiger partial charge in [-0.3, -0.25) is 9.36 Å². The third kappa shape index (κ3) is 16.2. The van der Waals surface area contributed by atoms with E-state index in [1.807, 2.05) is 13.8 Å². The highest BCUT2D eigenvalue weighted by Gasteiger charge is 2.11. The van der Waals surface area contributed by atoms with Gasteiger partial charge in [0.1, 0.15) is 6.04 Å². The maximum absolute atomic E-state index is 10.1. The molecule has 0 aromatic carbocycles. The normalized spacial score (nSPS) is 16.2. The molecule has 2 atom stereocenters. The zero-order valence-corrected chi connectivity index (χ0v) is 9.94. The minimum absolute atomic E-state index is 0.357. The first-order valence-corrected chi connectivity index (χ1v) is 6.40. The Labute approximate surface area is 88.8 Å². The maximum Gasteiger partial charge on any atom is 0.320 e. The van der Waals surface area contributed by atoms with Crippen LogP contribution in [0, 0.1) is 5.92 Å². The molecular weight excluding hydrogens is 223 g/mol. The lowest BCUT2D eigenvalue weighted by Gasteiger charge is -2.07. The summed E-state index contributed by atoms with van der Waals surface area (Å²) in [7, 11) is -3.34. The fourth-order valence-electron chi connectivity index (χ4n) is 0.609. The van der Waals surface area contributed by atoms with E-state index in [0.717, 1.165) is 6.66 Å². The molecule has 0 saturated carbocycles. The summed E-state index contributed by atoms with van der Waals surface area (Å²) < 4.78 is 9.78. The molecule has 0 aliphatic carbocycles. The van der Waals surface area contributed by atoms with Gasteiger partial charge < -0.3 is 20.9 Å². The molecule has 0 aliphatic rings. The summed E-state index contributed by atoms with van der Waals surface area (Å²) >= 11 is 0. The van der Waals surface area contributed by atoms with Crippen molar-refractivity contribution < 1.29 is 24.6 Å². The summed E-state index contributed by atoms with van der Waals surface area (Å²) in [6.07, 6.45) is 0.551. The van der Waals surface area contributed by atoms with Crippen molar-refractivity contribution in [2.45, 2.75) is 26.3 Å². The maximum atomic E-state index is 10.1. The zero-order valence-electron chi connectivity index (χ0n) is 9.04. The summed E-state index contributed by atoms with van der Waals surface area (Å²) in [5.41, 5.74) is 5.22. The Morgan fingerprint density at radius 2 is 1.87 bits per heavy atom. The smallest absolute Gasteiger partial charge is 0.320 e. The van der Waals surface area contributed by atoms with Crippen LogP contribution in [0.1, 0.15) is 20.3 Å². The van der Waals surface area contributed by atoms with Crippen molar-refractivity contribution in [2.24, 2.45) is 11.7 Å². The van der Waals surface area contributed by atoms with Crippen LogP contribution in [0.25, 0.3) is 0 Å². The number of carboxylic acids is 1. The summed E-state index contributed by atoms with van der Waals surface area (Å²) in [6.45, 7) is 4.89. The van der Waals surface area contributed by atoms with Crippen LogP contribution in [0.4, 0.5) is 0 Å². The fraction of sp³-hybridized carbons (Fsp3) is 0.857. The number of aliphatic carboxylic acids is 1. The number of nitrogens with one attached hydrogen (secondary N) is 1. The number of nitrogens with two attached hydrogens (primary N) is 1. The SMILES string of the molecule is CC(C)C[C@H](N)C(=O)O.CP(=O)(O)NO. The highest BCUT2D eigenvalue weighted by atomic mass is 31.2. The van der Waals surface area contributed by atoms with Gasteiger partial charge >= 0.3 is 5.97 Å². The van der Waals surface area contributed by atoms with Crippen molar-refractivity contribution in [3.63, 3.8) is 0 Å². The van der Waals surface area contributed by atoms with Crippen LogP contribution in [-0.4, -0.2) is 33.9 Å². The van der Waals surface area contributed by atoms with E-state index in [2.05, 4.69) is 0 Å². The summed E-state index contributed by atoms with van der Waals surface area (Å²) in [6, 6.07) is -0.690. The molecule has 7 nitrogen and oxygen atoms in total. The predicted octanol–water partition coefficient (Wildman–Crippen LogP) is 0.225. The van der Waals surface area contributed by atoms with Crippen molar-refractivity contribution in [1.29, 1.82) is 0 Å². The molecule has 0 amide bonds. The van der Waals surface area contributed by atoms with Crippen LogP contribution in [-0.2, 0) is 9.36 Å². The van der Waals surface area contributed by atoms with Gasteiger partial charge in [0.15, 0.2) is 0 Å². The third-order valence-electron chi connectivity index (χ3n) is 1.23. The predicted molar refractivity (Wildman–Crippen MR) is 55.7 cm³/mol. The third-order valence-corrected chi connectivity index (χ3v) is 1.60. The molecule has 0 radical (unpaired) electrons. The van der Waals surface area contributed by atoms with Crippen LogP contribution in [0.2, 0.25) is 0 Å². The second kappa shape index (κ2) is 7.78. The van der Waals surface area contributed by atoms with Gasteiger partial charge in [-0.2, -0.15) is 0 Å². The Morgan fingerprint density at radius 1 is 1.53 bits per heavy atom. The summed E-state index contributed by atoms with van der Waals surface area (Å²) in [5.74, 6) is -0.556. The highest BCUT2D eigenvalue weighted by Crippen LogP contribution is 2.26. The number of hydrogen-bond acceptors (Lipinski definition) is 4. The molecule has 0 heterocycles. The van der Waals surface area contributed by atoms with E-state index < -0.39 is 19.5 Å². The summed E-state index contributed by atoms with van der Waals surface area (Å²) in [4.78, 5) is 18.1. The van der Waals surface area contributed by atoms with Gasteiger partial charge in [-0.15, -0.1) is 5.25 Å². The molecule has 1 unspecified atom stereocenters. The van der Waals surface area contributed by atoms with Crippen LogP contribution in [0.5, 0.6) is 0 Å². The van der Waals surface area contributed by atoms with Crippen molar-refractivity contribution in [2.75, 3.05) is 6.66 Å². The lowest BCUT2D eigenvalue weighted by atomic mass is 10.1. The van der Waals surface area contributed by atoms with E-state index in [-0.39, 0.29) is 0 Å². The van der Waals surface area contributed by atoms with E-state index in [9.17, 15) is 9.36 Å². The van der Waals surface area contributed by atoms with Gasteiger partial charge in [0.2, 0.25) is 0 Å². The number of carbonyl (C=O) groups is 1. The van der Waals surface area contributed by atoms with E-state index in [1.54, 1.807) is 0 Å². The van der Waals surface area contributed by atoms with Gasteiger partial charge in [0.25, 0.3) is 7.52 Å². The quantitative estimate of drug-likeness (QED) is 0.352. The fourth-order valence-corrected chi connectivity index (χ4v) is 0.609. The van der Waals surface area contributed by atoms with E-state index in [0.29, 0.717) is 12.3 Å². The van der Waals surface area contributed by atoms with Crippen LogP contribution in [0.3, 0.4) is 0 Å².